The maximum absolute atomic E-state index is 11.0. The van der Waals surface area contributed by atoms with Crippen molar-refractivity contribution in [2.45, 2.75) is 44.8 Å². The molecule has 1 aliphatic carbocycles. The summed E-state index contributed by atoms with van der Waals surface area (Å²) >= 11 is 0. The Hall–Kier alpha value is -0.830. The minimum absolute atomic E-state index is 0.117. The first-order valence-corrected chi connectivity index (χ1v) is 4.56. The van der Waals surface area contributed by atoms with E-state index in [1.54, 1.807) is 6.92 Å². The minimum Gasteiger partial charge on any atom is -0.459 e. The van der Waals surface area contributed by atoms with Gasteiger partial charge < -0.3 is 9.84 Å². The standard InChI is InChI=1S/C10H16O3/c1-4-10(12)5-8(6-10)13-9(11)7(2)3/h8,12H,2,4-6H2,1,3H3. The molecular formula is C10H16O3. The molecule has 0 radical (unpaired) electrons. The molecule has 1 saturated carbocycles. The van der Waals surface area contributed by atoms with Crippen LogP contribution in [0.15, 0.2) is 12.2 Å². The van der Waals surface area contributed by atoms with Crippen LogP contribution < -0.4 is 0 Å². The Bertz CT molecular complexity index is 226. The molecule has 74 valence electrons. The van der Waals surface area contributed by atoms with Gasteiger partial charge in [0.2, 0.25) is 0 Å². The summed E-state index contributed by atoms with van der Waals surface area (Å²) in [5.41, 5.74) is -0.188. The highest BCUT2D eigenvalue weighted by Gasteiger charge is 2.43. The van der Waals surface area contributed by atoms with E-state index in [0.29, 0.717) is 24.8 Å². The Morgan fingerprint density at radius 2 is 2.23 bits per heavy atom. The minimum atomic E-state index is -0.597. The van der Waals surface area contributed by atoms with Crippen LogP contribution in [0, 0.1) is 0 Å². The number of aliphatic hydroxyl groups is 1. The van der Waals surface area contributed by atoms with Crippen molar-refractivity contribution >= 4 is 5.97 Å². The van der Waals surface area contributed by atoms with Crippen molar-refractivity contribution in [3.63, 3.8) is 0 Å². The Morgan fingerprint density at radius 1 is 1.69 bits per heavy atom. The van der Waals surface area contributed by atoms with Gasteiger partial charge >= 0.3 is 5.97 Å². The highest BCUT2D eigenvalue weighted by Crippen LogP contribution is 2.37. The SMILES string of the molecule is C=C(C)C(=O)OC1CC(O)(CC)C1. The predicted molar refractivity (Wildman–Crippen MR) is 49.2 cm³/mol. The molecule has 3 nitrogen and oxygen atoms in total. The third kappa shape index (κ3) is 2.31. The van der Waals surface area contributed by atoms with Crippen LogP contribution in [0.1, 0.15) is 33.1 Å². The summed E-state index contributed by atoms with van der Waals surface area (Å²) in [5, 5.41) is 9.63. The molecule has 0 atom stereocenters. The lowest BCUT2D eigenvalue weighted by molar-refractivity contribution is -0.168. The Labute approximate surface area is 78.4 Å². The van der Waals surface area contributed by atoms with Crippen LogP contribution in [0.5, 0.6) is 0 Å². The third-order valence-corrected chi connectivity index (χ3v) is 2.50. The number of hydrogen-bond donors (Lipinski definition) is 1. The number of esters is 1. The van der Waals surface area contributed by atoms with Gasteiger partial charge in [0, 0.05) is 18.4 Å². The lowest BCUT2D eigenvalue weighted by Crippen LogP contribution is -2.48. The van der Waals surface area contributed by atoms with Gasteiger partial charge in [-0.3, -0.25) is 0 Å². The number of rotatable bonds is 3. The van der Waals surface area contributed by atoms with Crippen molar-refractivity contribution in [3.05, 3.63) is 12.2 Å². The monoisotopic (exact) mass is 184 g/mol. The van der Waals surface area contributed by atoms with E-state index in [0.717, 1.165) is 0 Å². The highest BCUT2D eigenvalue weighted by molar-refractivity contribution is 5.87. The summed E-state index contributed by atoms with van der Waals surface area (Å²) < 4.78 is 5.05. The third-order valence-electron chi connectivity index (χ3n) is 2.50. The largest absolute Gasteiger partial charge is 0.459 e. The van der Waals surface area contributed by atoms with Crippen LogP contribution in [-0.4, -0.2) is 22.8 Å². The summed E-state index contributed by atoms with van der Waals surface area (Å²) in [6, 6.07) is 0. The molecule has 0 aromatic heterocycles. The van der Waals surface area contributed by atoms with Crippen molar-refractivity contribution in [2.24, 2.45) is 0 Å². The summed E-state index contributed by atoms with van der Waals surface area (Å²) in [5.74, 6) is -0.358. The van der Waals surface area contributed by atoms with Gasteiger partial charge in [0.1, 0.15) is 6.10 Å². The Balaban J connectivity index is 2.29. The van der Waals surface area contributed by atoms with Gasteiger partial charge in [0.15, 0.2) is 0 Å². The maximum Gasteiger partial charge on any atom is 0.333 e. The summed E-state index contributed by atoms with van der Waals surface area (Å²) in [6.07, 6.45) is 1.72. The molecule has 0 bridgehead atoms. The first kappa shape index (κ1) is 10.3. The molecular weight excluding hydrogens is 168 g/mol. The molecule has 1 N–H and O–H groups in total. The van der Waals surface area contributed by atoms with Crippen LogP contribution in [0.3, 0.4) is 0 Å². The molecule has 0 unspecified atom stereocenters. The fourth-order valence-electron chi connectivity index (χ4n) is 1.41. The van der Waals surface area contributed by atoms with E-state index in [2.05, 4.69) is 6.58 Å². The summed E-state index contributed by atoms with van der Waals surface area (Å²) in [4.78, 5) is 11.0. The van der Waals surface area contributed by atoms with Gasteiger partial charge in [0.25, 0.3) is 0 Å². The van der Waals surface area contributed by atoms with E-state index >= 15 is 0 Å². The molecule has 0 amide bonds. The normalized spacial score (nSPS) is 32.1. The molecule has 0 heterocycles. The van der Waals surface area contributed by atoms with Gasteiger partial charge in [0.05, 0.1) is 5.60 Å². The van der Waals surface area contributed by atoms with Crippen LogP contribution >= 0.6 is 0 Å². The van der Waals surface area contributed by atoms with E-state index in [1.165, 1.54) is 0 Å². The van der Waals surface area contributed by atoms with Crippen LogP contribution in [0.25, 0.3) is 0 Å². The summed E-state index contributed by atoms with van der Waals surface area (Å²) in [7, 11) is 0. The molecule has 1 fully saturated rings. The zero-order chi connectivity index (χ0) is 10.1. The summed E-state index contributed by atoms with van der Waals surface area (Å²) in [6.45, 7) is 7.03. The molecule has 0 aliphatic heterocycles. The number of hydrogen-bond acceptors (Lipinski definition) is 3. The first-order valence-electron chi connectivity index (χ1n) is 4.56. The molecule has 0 aromatic rings. The second-order valence-electron chi connectivity index (χ2n) is 3.79. The van der Waals surface area contributed by atoms with Gasteiger partial charge in [-0.15, -0.1) is 0 Å². The van der Waals surface area contributed by atoms with Crippen molar-refractivity contribution in [1.82, 2.24) is 0 Å². The molecule has 0 spiro atoms. The molecule has 3 heteroatoms. The lowest BCUT2D eigenvalue weighted by atomic mass is 9.76. The van der Waals surface area contributed by atoms with Crippen molar-refractivity contribution in [1.29, 1.82) is 0 Å². The average molecular weight is 184 g/mol. The molecule has 0 saturated heterocycles. The number of carbonyl (C=O) groups is 1. The number of ether oxygens (including phenoxy) is 1. The van der Waals surface area contributed by atoms with E-state index < -0.39 is 5.60 Å². The van der Waals surface area contributed by atoms with E-state index in [1.807, 2.05) is 6.92 Å². The van der Waals surface area contributed by atoms with Crippen LogP contribution in [-0.2, 0) is 9.53 Å². The molecule has 1 aliphatic rings. The van der Waals surface area contributed by atoms with Gasteiger partial charge in [-0.05, 0) is 13.3 Å². The fraction of sp³-hybridized carbons (Fsp3) is 0.700. The van der Waals surface area contributed by atoms with Crippen molar-refractivity contribution in [3.8, 4) is 0 Å². The van der Waals surface area contributed by atoms with Crippen molar-refractivity contribution in [2.75, 3.05) is 0 Å². The smallest absolute Gasteiger partial charge is 0.333 e. The topological polar surface area (TPSA) is 46.5 Å². The van der Waals surface area contributed by atoms with E-state index in [9.17, 15) is 9.90 Å². The fourth-order valence-corrected chi connectivity index (χ4v) is 1.41. The lowest BCUT2D eigenvalue weighted by Gasteiger charge is -2.42. The Morgan fingerprint density at radius 3 is 2.62 bits per heavy atom. The van der Waals surface area contributed by atoms with Gasteiger partial charge in [-0.2, -0.15) is 0 Å². The highest BCUT2D eigenvalue weighted by atomic mass is 16.5. The maximum atomic E-state index is 11.0. The van der Waals surface area contributed by atoms with Crippen molar-refractivity contribution < 1.29 is 14.6 Å². The van der Waals surface area contributed by atoms with Crippen LogP contribution in [0.2, 0.25) is 0 Å². The second kappa shape index (κ2) is 3.50. The average Bonchev–Trinajstić information content (AvgIpc) is 2.01. The van der Waals surface area contributed by atoms with E-state index in [-0.39, 0.29) is 12.1 Å². The second-order valence-corrected chi connectivity index (χ2v) is 3.79. The molecule has 13 heavy (non-hydrogen) atoms. The molecule has 0 aromatic carbocycles. The number of carbonyl (C=O) groups excluding carboxylic acids is 1. The zero-order valence-electron chi connectivity index (χ0n) is 8.17. The van der Waals surface area contributed by atoms with Gasteiger partial charge in [-0.25, -0.2) is 4.79 Å². The molecule has 1 rings (SSSR count). The van der Waals surface area contributed by atoms with Gasteiger partial charge in [-0.1, -0.05) is 13.5 Å². The zero-order valence-corrected chi connectivity index (χ0v) is 8.17. The van der Waals surface area contributed by atoms with Crippen LogP contribution in [0.4, 0.5) is 0 Å². The first-order chi connectivity index (χ1) is 5.97. The Kier molecular flexibility index (Phi) is 2.76. The quantitative estimate of drug-likeness (QED) is 0.533. The van der Waals surface area contributed by atoms with E-state index in [4.69, 9.17) is 4.74 Å². The predicted octanol–water partition coefficient (Wildman–Crippen LogP) is 1.41.